The van der Waals surface area contributed by atoms with E-state index < -0.39 is 6.61 Å². The lowest BCUT2D eigenvalue weighted by Crippen LogP contribution is -2.15. The first-order chi connectivity index (χ1) is 11.5. The fraction of sp³-hybridized carbons (Fsp3) is 0.231. The summed E-state index contributed by atoms with van der Waals surface area (Å²) in [7, 11) is 0. The number of benzene rings is 1. The summed E-state index contributed by atoms with van der Waals surface area (Å²) >= 11 is 6.96. The highest BCUT2D eigenvalue weighted by Gasteiger charge is 2.12. The fourth-order valence-corrected chi connectivity index (χ4v) is 2.55. The molecule has 1 aromatic carbocycles. The zero-order chi connectivity index (χ0) is 17.5. The smallest absolute Gasteiger partial charge is 0.387 e. The van der Waals surface area contributed by atoms with Gasteiger partial charge in [-0.3, -0.25) is 4.79 Å². The first-order valence-corrected chi connectivity index (χ1v) is 7.90. The molecule has 1 aromatic heterocycles. The van der Waals surface area contributed by atoms with Crippen LogP contribution in [0.3, 0.4) is 0 Å². The molecule has 0 atom stereocenters. The average molecular weight is 376 g/mol. The van der Waals surface area contributed by atoms with Crippen LogP contribution in [-0.2, 0) is 11.3 Å². The maximum Gasteiger partial charge on any atom is 0.387 e. The van der Waals surface area contributed by atoms with E-state index in [9.17, 15) is 13.6 Å². The molecule has 0 spiro atoms. The van der Waals surface area contributed by atoms with Gasteiger partial charge < -0.3 is 10.1 Å². The molecule has 24 heavy (non-hydrogen) atoms. The van der Waals surface area contributed by atoms with Crippen LogP contribution in [0.4, 0.5) is 14.5 Å². The number of nitrogens with zero attached hydrogens (tertiary/aromatic N) is 4. The number of halogens is 3. The van der Waals surface area contributed by atoms with E-state index in [1.807, 2.05) is 0 Å². The second kappa shape index (κ2) is 8.60. The molecule has 0 aliphatic rings. The summed E-state index contributed by atoms with van der Waals surface area (Å²) in [4.78, 5) is 11.9. The van der Waals surface area contributed by atoms with Crippen LogP contribution in [-0.4, -0.2) is 38.5 Å². The predicted octanol–water partition coefficient (Wildman–Crippen LogP) is 2.84. The van der Waals surface area contributed by atoms with Crippen molar-refractivity contribution in [2.24, 2.45) is 0 Å². The predicted molar refractivity (Wildman–Crippen MR) is 85.5 cm³/mol. The number of amides is 1. The van der Waals surface area contributed by atoms with E-state index in [1.165, 1.54) is 22.9 Å². The summed E-state index contributed by atoms with van der Waals surface area (Å²) in [6.07, 6.45) is 1.63. The zero-order valence-electron chi connectivity index (χ0n) is 12.2. The van der Waals surface area contributed by atoms with Gasteiger partial charge in [-0.25, -0.2) is 4.68 Å². The van der Waals surface area contributed by atoms with Crippen molar-refractivity contribution in [1.82, 2.24) is 20.2 Å². The molecule has 2 aromatic rings. The molecule has 0 radical (unpaired) electrons. The number of hydrogen-bond acceptors (Lipinski definition) is 6. The lowest BCUT2D eigenvalue weighted by atomic mass is 10.3. The Morgan fingerprint density at radius 1 is 1.54 bits per heavy atom. The van der Waals surface area contributed by atoms with Crippen molar-refractivity contribution in [3.8, 4) is 5.75 Å². The second-order valence-corrected chi connectivity index (χ2v) is 5.64. The molecule has 1 amide bonds. The number of rotatable bonds is 8. The Kier molecular flexibility index (Phi) is 6.50. The van der Waals surface area contributed by atoms with Crippen LogP contribution in [0.2, 0.25) is 5.02 Å². The molecule has 128 valence electrons. The molecular weight excluding hydrogens is 364 g/mol. The molecule has 0 saturated carbocycles. The van der Waals surface area contributed by atoms with E-state index >= 15 is 0 Å². The second-order valence-electron chi connectivity index (χ2n) is 4.29. The number of ether oxygens (including phenoxy) is 1. The van der Waals surface area contributed by atoms with Gasteiger partial charge in [0.05, 0.1) is 17.3 Å². The Morgan fingerprint density at radius 2 is 2.33 bits per heavy atom. The van der Waals surface area contributed by atoms with Crippen molar-refractivity contribution in [2.75, 3.05) is 11.1 Å². The summed E-state index contributed by atoms with van der Waals surface area (Å²) in [5.74, 6) is -0.431. The normalized spacial score (nSPS) is 10.7. The van der Waals surface area contributed by atoms with Gasteiger partial charge in [0.1, 0.15) is 5.75 Å². The van der Waals surface area contributed by atoms with Gasteiger partial charge in [-0.15, -0.1) is 11.7 Å². The molecule has 0 saturated heterocycles. The van der Waals surface area contributed by atoms with Crippen LogP contribution in [0.1, 0.15) is 0 Å². The number of allylic oxidation sites excluding steroid dienone is 1. The van der Waals surface area contributed by atoms with Crippen LogP contribution in [0.5, 0.6) is 5.75 Å². The van der Waals surface area contributed by atoms with Crippen LogP contribution in [0.25, 0.3) is 0 Å². The molecule has 0 aliphatic heterocycles. The topological polar surface area (TPSA) is 81.9 Å². The number of tetrazole rings is 1. The fourth-order valence-electron chi connectivity index (χ4n) is 1.63. The van der Waals surface area contributed by atoms with Gasteiger partial charge in [-0.2, -0.15) is 8.78 Å². The molecule has 1 heterocycles. The first kappa shape index (κ1) is 18.1. The van der Waals surface area contributed by atoms with Crippen molar-refractivity contribution in [3.05, 3.63) is 35.9 Å². The summed E-state index contributed by atoms with van der Waals surface area (Å²) in [6.45, 7) is 1.04. The minimum atomic E-state index is -2.97. The highest BCUT2D eigenvalue weighted by molar-refractivity contribution is 7.99. The third-order valence-electron chi connectivity index (χ3n) is 2.57. The largest absolute Gasteiger partial charge is 0.433 e. The summed E-state index contributed by atoms with van der Waals surface area (Å²) in [6, 6.07) is 3.99. The molecule has 0 unspecified atom stereocenters. The molecule has 1 N–H and O–H groups in total. The highest BCUT2D eigenvalue weighted by atomic mass is 35.5. The minimum Gasteiger partial charge on any atom is -0.433 e. The van der Waals surface area contributed by atoms with Gasteiger partial charge in [0.15, 0.2) is 0 Å². The number of hydrogen-bond donors (Lipinski definition) is 1. The Balaban J connectivity index is 1.91. The monoisotopic (exact) mass is 375 g/mol. The Hall–Kier alpha value is -2.20. The number of carbonyl (C=O) groups is 1. The highest BCUT2D eigenvalue weighted by Crippen LogP contribution is 2.29. The lowest BCUT2D eigenvalue weighted by molar-refractivity contribution is -0.113. The van der Waals surface area contributed by atoms with Crippen molar-refractivity contribution in [2.45, 2.75) is 18.3 Å². The van der Waals surface area contributed by atoms with E-state index in [0.717, 1.165) is 11.8 Å². The van der Waals surface area contributed by atoms with Crippen LogP contribution < -0.4 is 10.1 Å². The first-order valence-electron chi connectivity index (χ1n) is 6.53. The maximum atomic E-state index is 12.2. The molecule has 0 aliphatic carbocycles. The van der Waals surface area contributed by atoms with E-state index in [0.29, 0.717) is 17.4 Å². The third-order valence-corrected chi connectivity index (χ3v) is 3.82. The number of carbonyl (C=O) groups excluding carboxylic acids is 1. The van der Waals surface area contributed by atoms with Gasteiger partial charge in [0, 0.05) is 5.69 Å². The quantitative estimate of drug-likeness (QED) is 0.564. The van der Waals surface area contributed by atoms with E-state index in [4.69, 9.17) is 11.6 Å². The molecule has 2 rings (SSSR count). The van der Waals surface area contributed by atoms with E-state index in [1.54, 1.807) is 6.08 Å². The van der Waals surface area contributed by atoms with Crippen LogP contribution >= 0.6 is 23.4 Å². The van der Waals surface area contributed by atoms with Gasteiger partial charge in [0.2, 0.25) is 11.1 Å². The molecule has 7 nitrogen and oxygen atoms in total. The van der Waals surface area contributed by atoms with Crippen LogP contribution in [0.15, 0.2) is 36.0 Å². The van der Waals surface area contributed by atoms with Crippen molar-refractivity contribution < 1.29 is 18.3 Å². The molecule has 0 fully saturated rings. The van der Waals surface area contributed by atoms with E-state index in [-0.39, 0.29) is 22.4 Å². The van der Waals surface area contributed by atoms with Crippen LogP contribution in [0, 0.1) is 0 Å². The zero-order valence-corrected chi connectivity index (χ0v) is 13.7. The molecular formula is C13H12ClF2N5O2S. The number of anilines is 1. The number of thioether (sulfide) groups is 1. The number of nitrogens with one attached hydrogen (secondary N) is 1. The number of alkyl halides is 2. The van der Waals surface area contributed by atoms with E-state index in [2.05, 4.69) is 32.2 Å². The van der Waals surface area contributed by atoms with Crippen molar-refractivity contribution in [1.29, 1.82) is 0 Å². The van der Waals surface area contributed by atoms with Gasteiger partial charge >= 0.3 is 6.61 Å². The summed E-state index contributed by atoms with van der Waals surface area (Å²) in [5.41, 5.74) is 0.359. The minimum absolute atomic E-state index is 0.0318. The molecule has 11 heteroatoms. The average Bonchev–Trinajstić information content (AvgIpc) is 2.95. The van der Waals surface area contributed by atoms with Gasteiger partial charge in [0.25, 0.3) is 0 Å². The SMILES string of the molecule is C=CCn1nnnc1SCC(=O)Nc1ccc(OC(F)F)c(Cl)c1. The standard InChI is InChI=1S/C13H12ClF2N5O2S/c1-2-5-21-13(18-19-20-21)24-7-11(22)17-8-3-4-10(9(14)6-8)23-12(15)16/h2-4,6,12H,1,5,7H2,(H,17,22). The number of aromatic nitrogens is 4. The van der Waals surface area contributed by atoms with Crippen molar-refractivity contribution in [3.63, 3.8) is 0 Å². The molecule has 0 bridgehead atoms. The Bertz CT molecular complexity index is 728. The Morgan fingerprint density at radius 3 is 3.00 bits per heavy atom. The Labute approximate surface area is 145 Å². The third kappa shape index (κ3) is 5.17. The maximum absolute atomic E-state index is 12.2. The summed E-state index contributed by atoms with van der Waals surface area (Å²) < 4.78 is 30.0. The lowest BCUT2D eigenvalue weighted by Gasteiger charge is -2.09. The summed E-state index contributed by atoms with van der Waals surface area (Å²) in [5, 5.41) is 14.1. The van der Waals surface area contributed by atoms with Crippen molar-refractivity contribution >= 4 is 35.0 Å². The van der Waals surface area contributed by atoms with Gasteiger partial charge in [-0.1, -0.05) is 29.4 Å². The van der Waals surface area contributed by atoms with Gasteiger partial charge in [-0.05, 0) is 28.6 Å².